The second-order valence-electron chi connectivity index (χ2n) is 8.39. The first-order chi connectivity index (χ1) is 16.7. The minimum Gasteiger partial charge on any atom is -0.483 e. The van der Waals surface area contributed by atoms with E-state index in [1.165, 1.54) is 4.90 Å². The van der Waals surface area contributed by atoms with Gasteiger partial charge in [0.25, 0.3) is 5.91 Å². The van der Waals surface area contributed by atoms with Crippen LogP contribution in [0, 0.1) is 0 Å². The maximum absolute atomic E-state index is 13.5. The molecule has 3 rings (SSSR count). The number of nitrogens with one attached hydrogen (secondary N) is 1. The molecule has 3 aromatic carbocycles. The summed E-state index contributed by atoms with van der Waals surface area (Å²) in [6.07, 6.45) is 1.23. The van der Waals surface area contributed by atoms with Crippen LogP contribution in [0.2, 0.25) is 10.0 Å². The van der Waals surface area contributed by atoms with E-state index < -0.39 is 6.04 Å². The predicted molar refractivity (Wildman–Crippen MR) is 146 cm³/mol. The average Bonchev–Trinajstić information content (AvgIpc) is 2.84. The van der Waals surface area contributed by atoms with Crippen molar-refractivity contribution in [3.63, 3.8) is 0 Å². The average molecular weight is 580 g/mol. The summed E-state index contributed by atoms with van der Waals surface area (Å²) in [4.78, 5) is 28.1. The Morgan fingerprint density at radius 2 is 1.80 bits per heavy atom. The van der Waals surface area contributed by atoms with Gasteiger partial charge >= 0.3 is 0 Å². The van der Waals surface area contributed by atoms with Crippen LogP contribution in [0.15, 0.2) is 59.1 Å². The second-order valence-corrected chi connectivity index (χ2v) is 10.0. The smallest absolute Gasteiger partial charge is 0.261 e. The summed E-state index contributed by atoms with van der Waals surface area (Å²) in [5, 5.41) is 5.98. The summed E-state index contributed by atoms with van der Waals surface area (Å²) in [6.45, 7) is 5.74. The van der Waals surface area contributed by atoms with E-state index >= 15 is 0 Å². The van der Waals surface area contributed by atoms with Crippen molar-refractivity contribution in [2.24, 2.45) is 0 Å². The van der Waals surface area contributed by atoms with Gasteiger partial charge in [0, 0.05) is 22.6 Å². The molecule has 0 aromatic heterocycles. The van der Waals surface area contributed by atoms with Gasteiger partial charge in [-0.3, -0.25) is 9.59 Å². The number of rotatable bonds is 10. The summed E-state index contributed by atoms with van der Waals surface area (Å²) in [5.41, 5.74) is 0.700. The van der Waals surface area contributed by atoms with E-state index in [1.54, 1.807) is 18.2 Å². The molecule has 0 unspecified atom stereocenters. The van der Waals surface area contributed by atoms with Crippen LogP contribution >= 0.6 is 39.1 Å². The fourth-order valence-electron chi connectivity index (χ4n) is 3.74. The Labute approximate surface area is 224 Å². The van der Waals surface area contributed by atoms with Crippen LogP contribution in [0.5, 0.6) is 5.75 Å². The highest BCUT2D eigenvalue weighted by Gasteiger charge is 2.30. The van der Waals surface area contributed by atoms with Crippen LogP contribution in [0.4, 0.5) is 0 Å². The molecule has 0 saturated carbocycles. The molecule has 1 N–H and O–H groups in total. The standard InChI is InChI=1S/C27H29BrCl2N2O3/c1-4-17(3)31-27(34)23(5-2)32(15-19-10-12-20(29)14-22(19)30)25(33)16-35-24-13-11-18-8-6-7-9-21(18)26(24)28/h6-14,17,23H,4-5,15-16H2,1-3H3,(H,31,34)/t17-,23-/m1/s1. The van der Waals surface area contributed by atoms with E-state index in [-0.39, 0.29) is 31.0 Å². The Hall–Kier alpha value is -2.28. The zero-order valence-corrected chi connectivity index (χ0v) is 23.1. The molecule has 8 heteroatoms. The molecule has 0 radical (unpaired) electrons. The number of ether oxygens (including phenoxy) is 1. The molecule has 35 heavy (non-hydrogen) atoms. The lowest BCUT2D eigenvalue weighted by Gasteiger charge is -2.31. The number of halogens is 3. The number of nitrogens with zero attached hydrogens (tertiary/aromatic N) is 1. The molecule has 2 atom stereocenters. The lowest BCUT2D eigenvalue weighted by atomic mass is 10.1. The predicted octanol–water partition coefficient (Wildman–Crippen LogP) is 7.01. The van der Waals surface area contributed by atoms with Gasteiger partial charge in [-0.05, 0) is 70.2 Å². The number of benzene rings is 3. The van der Waals surface area contributed by atoms with Gasteiger partial charge in [-0.25, -0.2) is 0 Å². The van der Waals surface area contributed by atoms with Crippen molar-refractivity contribution in [1.29, 1.82) is 0 Å². The molecular formula is C27H29BrCl2N2O3. The van der Waals surface area contributed by atoms with E-state index in [0.717, 1.165) is 21.7 Å². The molecule has 2 amide bonds. The Bertz CT molecular complexity index is 1200. The molecule has 0 saturated heterocycles. The van der Waals surface area contributed by atoms with E-state index in [1.807, 2.05) is 57.2 Å². The fourth-order valence-corrected chi connectivity index (χ4v) is 4.82. The Morgan fingerprint density at radius 3 is 2.49 bits per heavy atom. The van der Waals surface area contributed by atoms with Crippen LogP contribution < -0.4 is 10.1 Å². The highest BCUT2D eigenvalue weighted by atomic mass is 79.9. The lowest BCUT2D eigenvalue weighted by Crippen LogP contribution is -2.51. The summed E-state index contributed by atoms with van der Waals surface area (Å²) in [6, 6.07) is 16.1. The van der Waals surface area contributed by atoms with Crippen molar-refractivity contribution in [1.82, 2.24) is 10.2 Å². The summed E-state index contributed by atoms with van der Waals surface area (Å²) in [7, 11) is 0. The maximum Gasteiger partial charge on any atom is 0.261 e. The quantitative estimate of drug-likeness (QED) is 0.281. The third kappa shape index (κ3) is 6.90. The SMILES string of the molecule is CC[C@@H](C)NC(=O)[C@@H](CC)N(Cc1ccc(Cl)cc1Cl)C(=O)COc1ccc2ccccc2c1Br. The topological polar surface area (TPSA) is 58.6 Å². The van der Waals surface area contributed by atoms with Gasteiger partial charge in [0.05, 0.1) is 4.47 Å². The van der Waals surface area contributed by atoms with Crippen molar-refractivity contribution in [2.45, 2.75) is 52.2 Å². The first-order valence-electron chi connectivity index (χ1n) is 11.6. The normalized spacial score (nSPS) is 12.7. The largest absolute Gasteiger partial charge is 0.483 e. The molecule has 0 fully saturated rings. The Morgan fingerprint density at radius 1 is 1.06 bits per heavy atom. The second kappa shape index (κ2) is 12.6. The van der Waals surface area contributed by atoms with E-state index in [4.69, 9.17) is 27.9 Å². The van der Waals surface area contributed by atoms with Crippen LogP contribution in [-0.2, 0) is 16.1 Å². The summed E-state index contributed by atoms with van der Waals surface area (Å²) < 4.78 is 6.70. The highest BCUT2D eigenvalue weighted by Crippen LogP contribution is 2.33. The maximum atomic E-state index is 13.5. The van der Waals surface area contributed by atoms with E-state index in [9.17, 15) is 9.59 Å². The Balaban J connectivity index is 1.86. The summed E-state index contributed by atoms with van der Waals surface area (Å²) in [5.74, 6) is 0.0352. The molecular weight excluding hydrogens is 551 g/mol. The van der Waals surface area contributed by atoms with Crippen LogP contribution in [0.25, 0.3) is 10.8 Å². The first kappa shape index (κ1) is 27.3. The van der Waals surface area contributed by atoms with Gasteiger partial charge in [0.2, 0.25) is 5.91 Å². The van der Waals surface area contributed by atoms with Crippen LogP contribution in [0.1, 0.15) is 39.2 Å². The van der Waals surface area contributed by atoms with Gasteiger partial charge in [0.15, 0.2) is 6.61 Å². The minimum absolute atomic E-state index is 0.00238. The van der Waals surface area contributed by atoms with Crippen LogP contribution in [0.3, 0.4) is 0 Å². The molecule has 186 valence electrons. The number of carbonyl (C=O) groups is 2. The van der Waals surface area contributed by atoms with E-state index in [2.05, 4.69) is 21.2 Å². The van der Waals surface area contributed by atoms with Crippen LogP contribution in [-0.4, -0.2) is 35.4 Å². The van der Waals surface area contributed by atoms with Gasteiger partial charge in [-0.15, -0.1) is 0 Å². The number of carbonyl (C=O) groups excluding carboxylic acids is 2. The first-order valence-corrected chi connectivity index (χ1v) is 13.1. The van der Waals surface area contributed by atoms with Gasteiger partial charge < -0.3 is 15.0 Å². The lowest BCUT2D eigenvalue weighted by molar-refractivity contribution is -0.143. The van der Waals surface area contributed by atoms with Gasteiger partial charge in [0.1, 0.15) is 11.8 Å². The number of amides is 2. The highest BCUT2D eigenvalue weighted by molar-refractivity contribution is 9.10. The molecule has 0 bridgehead atoms. The summed E-state index contributed by atoms with van der Waals surface area (Å²) >= 11 is 16.0. The number of hydrogen-bond acceptors (Lipinski definition) is 3. The van der Waals surface area contributed by atoms with Crippen molar-refractivity contribution in [2.75, 3.05) is 6.61 Å². The van der Waals surface area contributed by atoms with Crippen molar-refractivity contribution in [3.05, 3.63) is 74.7 Å². The van der Waals surface area contributed by atoms with Gasteiger partial charge in [-0.2, -0.15) is 0 Å². The number of hydrogen-bond donors (Lipinski definition) is 1. The van der Waals surface area contributed by atoms with Crippen molar-refractivity contribution < 1.29 is 14.3 Å². The number of fused-ring (bicyclic) bond motifs is 1. The molecule has 0 heterocycles. The van der Waals surface area contributed by atoms with E-state index in [0.29, 0.717) is 27.8 Å². The van der Waals surface area contributed by atoms with Crippen molar-refractivity contribution >= 4 is 61.7 Å². The van der Waals surface area contributed by atoms with Crippen molar-refractivity contribution in [3.8, 4) is 5.75 Å². The molecule has 0 aliphatic rings. The molecule has 5 nitrogen and oxygen atoms in total. The minimum atomic E-state index is -0.674. The monoisotopic (exact) mass is 578 g/mol. The fraction of sp³-hybridized carbons (Fsp3) is 0.333. The van der Waals surface area contributed by atoms with Gasteiger partial charge in [-0.1, -0.05) is 73.4 Å². The zero-order chi connectivity index (χ0) is 25.5. The third-order valence-corrected chi connectivity index (χ3v) is 7.33. The zero-order valence-electron chi connectivity index (χ0n) is 20.0. The molecule has 3 aromatic rings. The molecule has 0 spiro atoms. The Kier molecular flexibility index (Phi) is 9.84. The molecule has 0 aliphatic heterocycles. The molecule has 0 aliphatic carbocycles. The third-order valence-electron chi connectivity index (χ3n) is 5.92.